The molecule has 3 nitrogen and oxygen atoms in total. The number of likely N-dealkylation sites (tertiary alicyclic amines) is 1. The number of hydrogen-bond donors (Lipinski definition) is 2. The van der Waals surface area contributed by atoms with Gasteiger partial charge in [-0.25, -0.2) is 0 Å². The van der Waals surface area contributed by atoms with E-state index >= 15 is 0 Å². The molecule has 1 unspecified atom stereocenters. The Bertz CT molecular complexity index is 190. The first-order valence-electron chi connectivity index (χ1n) is 5.83. The summed E-state index contributed by atoms with van der Waals surface area (Å²) in [6.07, 6.45) is 7.01. The van der Waals surface area contributed by atoms with Crippen molar-refractivity contribution in [2.24, 2.45) is 11.1 Å². The fourth-order valence-corrected chi connectivity index (χ4v) is 3.11. The number of aliphatic hydroxyl groups excluding tert-OH is 1. The van der Waals surface area contributed by atoms with Gasteiger partial charge in [0.15, 0.2) is 0 Å². The van der Waals surface area contributed by atoms with Crippen LogP contribution in [0.3, 0.4) is 0 Å². The zero-order chi connectivity index (χ0) is 10.0. The second-order valence-corrected chi connectivity index (χ2v) is 5.13. The molecule has 0 aromatic rings. The van der Waals surface area contributed by atoms with Crippen molar-refractivity contribution >= 4 is 0 Å². The average molecular weight is 198 g/mol. The van der Waals surface area contributed by atoms with Crippen molar-refractivity contribution < 1.29 is 5.11 Å². The Morgan fingerprint density at radius 1 is 1.29 bits per heavy atom. The molecule has 1 atom stereocenters. The molecule has 2 aliphatic rings. The average Bonchev–Trinajstić information content (AvgIpc) is 2.78. The molecule has 1 aliphatic carbocycles. The SMILES string of the molecule is NC(CO)CN1CCC2(CCCC2)C1. The van der Waals surface area contributed by atoms with Crippen molar-refractivity contribution in [2.75, 3.05) is 26.2 Å². The monoisotopic (exact) mass is 198 g/mol. The van der Waals surface area contributed by atoms with Gasteiger partial charge in [-0.05, 0) is 31.2 Å². The van der Waals surface area contributed by atoms with Crippen molar-refractivity contribution in [3.05, 3.63) is 0 Å². The second-order valence-electron chi connectivity index (χ2n) is 5.13. The van der Waals surface area contributed by atoms with Crippen LogP contribution in [0, 0.1) is 5.41 Å². The van der Waals surface area contributed by atoms with E-state index in [4.69, 9.17) is 10.8 Å². The number of aliphatic hydroxyl groups is 1. The lowest BCUT2D eigenvalue weighted by Gasteiger charge is -2.24. The van der Waals surface area contributed by atoms with Crippen LogP contribution < -0.4 is 5.73 Å². The molecule has 2 rings (SSSR count). The second kappa shape index (κ2) is 4.17. The summed E-state index contributed by atoms with van der Waals surface area (Å²) in [6, 6.07) is -0.0495. The summed E-state index contributed by atoms with van der Waals surface area (Å²) >= 11 is 0. The first-order valence-corrected chi connectivity index (χ1v) is 5.83. The zero-order valence-electron chi connectivity index (χ0n) is 8.91. The van der Waals surface area contributed by atoms with E-state index in [2.05, 4.69) is 4.90 Å². The minimum Gasteiger partial charge on any atom is -0.395 e. The van der Waals surface area contributed by atoms with Crippen molar-refractivity contribution in [2.45, 2.75) is 38.1 Å². The minimum atomic E-state index is -0.0495. The van der Waals surface area contributed by atoms with Gasteiger partial charge in [0.25, 0.3) is 0 Å². The Labute approximate surface area is 86.3 Å². The highest BCUT2D eigenvalue weighted by Crippen LogP contribution is 2.45. The summed E-state index contributed by atoms with van der Waals surface area (Å²) in [5.41, 5.74) is 6.38. The van der Waals surface area contributed by atoms with Crippen LogP contribution >= 0.6 is 0 Å². The van der Waals surface area contributed by atoms with E-state index in [-0.39, 0.29) is 12.6 Å². The number of rotatable bonds is 3. The van der Waals surface area contributed by atoms with Gasteiger partial charge in [-0.15, -0.1) is 0 Å². The van der Waals surface area contributed by atoms with Crippen LogP contribution in [0.1, 0.15) is 32.1 Å². The van der Waals surface area contributed by atoms with Crippen LogP contribution in [0.15, 0.2) is 0 Å². The molecule has 0 radical (unpaired) electrons. The maximum absolute atomic E-state index is 8.90. The molecule has 2 fully saturated rings. The van der Waals surface area contributed by atoms with E-state index in [1.807, 2.05) is 0 Å². The number of hydrogen-bond acceptors (Lipinski definition) is 3. The van der Waals surface area contributed by atoms with Gasteiger partial charge in [0, 0.05) is 19.1 Å². The predicted molar refractivity (Wildman–Crippen MR) is 57.0 cm³/mol. The van der Waals surface area contributed by atoms with Gasteiger partial charge < -0.3 is 15.7 Å². The lowest BCUT2D eigenvalue weighted by molar-refractivity contribution is 0.205. The maximum atomic E-state index is 8.90. The molecular weight excluding hydrogens is 176 g/mol. The minimum absolute atomic E-state index is 0.0495. The number of nitrogens with zero attached hydrogens (tertiary/aromatic N) is 1. The standard InChI is InChI=1S/C11H22N2O/c12-10(8-14)7-13-6-5-11(9-13)3-1-2-4-11/h10,14H,1-9,12H2. The molecule has 0 aromatic carbocycles. The largest absolute Gasteiger partial charge is 0.395 e. The van der Waals surface area contributed by atoms with Crippen molar-refractivity contribution in [1.29, 1.82) is 0 Å². The molecule has 3 N–H and O–H groups in total. The lowest BCUT2D eigenvalue weighted by atomic mass is 9.86. The van der Waals surface area contributed by atoms with Gasteiger partial charge in [0.2, 0.25) is 0 Å². The molecule has 1 heterocycles. The number of nitrogens with two attached hydrogens (primary N) is 1. The van der Waals surface area contributed by atoms with Gasteiger partial charge in [0.1, 0.15) is 0 Å². The van der Waals surface area contributed by atoms with Crippen LogP contribution in [-0.2, 0) is 0 Å². The highest BCUT2D eigenvalue weighted by Gasteiger charge is 2.40. The topological polar surface area (TPSA) is 49.5 Å². The smallest absolute Gasteiger partial charge is 0.0595 e. The first kappa shape index (κ1) is 10.4. The van der Waals surface area contributed by atoms with E-state index in [0.717, 1.165) is 6.54 Å². The summed E-state index contributed by atoms with van der Waals surface area (Å²) in [6.45, 7) is 3.40. The Kier molecular flexibility index (Phi) is 3.10. The third-order valence-corrected chi connectivity index (χ3v) is 3.91. The zero-order valence-corrected chi connectivity index (χ0v) is 8.91. The molecule has 0 amide bonds. The molecule has 1 spiro atoms. The van der Waals surface area contributed by atoms with Crippen LogP contribution in [-0.4, -0.2) is 42.3 Å². The summed E-state index contributed by atoms with van der Waals surface area (Å²) in [7, 11) is 0. The van der Waals surface area contributed by atoms with Gasteiger partial charge in [-0.1, -0.05) is 12.8 Å². The van der Waals surface area contributed by atoms with E-state index in [0.29, 0.717) is 5.41 Å². The quantitative estimate of drug-likeness (QED) is 0.697. The predicted octanol–water partition coefficient (Wildman–Crippen LogP) is 0.572. The fourth-order valence-electron chi connectivity index (χ4n) is 3.11. The third-order valence-electron chi connectivity index (χ3n) is 3.91. The van der Waals surface area contributed by atoms with Gasteiger partial charge in [-0.2, -0.15) is 0 Å². The Hall–Kier alpha value is -0.120. The highest BCUT2D eigenvalue weighted by atomic mass is 16.3. The van der Waals surface area contributed by atoms with Crippen molar-refractivity contribution in [1.82, 2.24) is 4.90 Å². The summed E-state index contributed by atoms with van der Waals surface area (Å²) in [4.78, 5) is 2.44. The molecular formula is C11H22N2O. The Morgan fingerprint density at radius 2 is 2.00 bits per heavy atom. The van der Waals surface area contributed by atoms with Gasteiger partial charge >= 0.3 is 0 Å². The summed E-state index contributed by atoms with van der Waals surface area (Å²) in [5, 5.41) is 8.90. The molecule has 0 aromatic heterocycles. The van der Waals surface area contributed by atoms with Gasteiger partial charge in [-0.3, -0.25) is 0 Å². The van der Waals surface area contributed by atoms with Gasteiger partial charge in [0.05, 0.1) is 6.61 Å². The Morgan fingerprint density at radius 3 is 2.64 bits per heavy atom. The van der Waals surface area contributed by atoms with E-state index in [1.165, 1.54) is 45.2 Å². The van der Waals surface area contributed by atoms with Crippen molar-refractivity contribution in [3.63, 3.8) is 0 Å². The molecule has 1 aliphatic heterocycles. The molecule has 0 bridgehead atoms. The maximum Gasteiger partial charge on any atom is 0.0595 e. The lowest BCUT2D eigenvalue weighted by Crippen LogP contribution is -2.39. The molecule has 3 heteroatoms. The van der Waals surface area contributed by atoms with Crippen LogP contribution in [0.4, 0.5) is 0 Å². The third kappa shape index (κ3) is 2.10. The molecule has 1 saturated heterocycles. The van der Waals surface area contributed by atoms with E-state index in [9.17, 15) is 0 Å². The van der Waals surface area contributed by atoms with Crippen molar-refractivity contribution in [3.8, 4) is 0 Å². The van der Waals surface area contributed by atoms with E-state index in [1.54, 1.807) is 0 Å². The summed E-state index contributed by atoms with van der Waals surface area (Å²) < 4.78 is 0. The molecule has 82 valence electrons. The first-order chi connectivity index (χ1) is 6.74. The van der Waals surface area contributed by atoms with Crippen LogP contribution in [0.2, 0.25) is 0 Å². The van der Waals surface area contributed by atoms with Crippen LogP contribution in [0.5, 0.6) is 0 Å². The van der Waals surface area contributed by atoms with E-state index < -0.39 is 0 Å². The highest BCUT2D eigenvalue weighted by molar-refractivity contribution is 4.93. The summed E-state index contributed by atoms with van der Waals surface area (Å²) in [5.74, 6) is 0. The molecule has 1 saturated carbocycles. The Balaban J connectivity index is 1.82. The van der Waals surface area contributed by atoms with Crippen LogP contribution in [0.25, 0.3) is 0 Å². The molecule has 14 heavy (non-hydrogen) atoms. The normalized spacial score (nSPS) is 28.7. The fraction of sp³-hybridized carbons (Fsp3) is 1.00.